The summed E-state index contributed by atoms with van der Waals surface area (Å²) in [7, 11) is -2.71. The Morgan fingerprint density at radius 2 is 1.40 bits per heavy atom. The average Bonchev–Trinajstić information content (AvgIpc) is 3.07. The molecule has 4 aromatic rings. The van der Waals surface area contributed by atoms with Gasteiger partial charge in [-0.1, -0.05) is 78.9 Å². The number of nitrogen functional groups attached to an aromatic ring is 1. The van der Waals surface area contributed by atoms with Crippen molar-refractivity contribution in [2.24, 2.45) is 0 Å². The number of anilines is 2. The van der Waals surface area contributed by atoms with E-state index < -0.39 is 52.7 Å². The summed E-state index contributed by atoms with van der Waals surface area (Å²) in [6.45, 7) is 3.12. The highest BCUT2D eigenvalue weighted by atomic mass is 32.2. The first-order valence-corrected chi connectivity index (χ1v) is 16.8. The normalized spacial score (nSPS) is 12.9. The largest absolute Gasteiger partial charge is 0.453 e. The summed E-state index contributed by atoms with van der Waals surface area (Å²) >= 11 is 0. The highest BCUT2D eigenvalue weighted by molar-refractivity contribution is 7.89. The molecule has 0 aliphatic rings. The van der Waals surface area contributed by atoms with Gasteiger partial charge < -0.3 is 26.2 Å². The van der Waals surface area contributed by atoms with Crippen LogP contribution >= 0.6 is 0 Å². The van der Waals surface area contributed by atoms with Gasteiger partial charge in [-0.3, -0.25) is 4.79 Å². The second-order valence-electron chi connectivity index (χ2n) is 11.4. The lowest BCUT2D eigenvalue weighted by Crippen LogP contribution is -2.48. The number of carbonyl (C=O) groups is 2. The van der Waals surface area contributed by atoms with Gasteiger partial charge in [-0.05, 0) is 73.7 Å². The number of rotatable bonds is 14. The number of aliphatic hydroxyl groups is 1. The Morgan fingerprint density at radius 3 is 1.94 bits per heavy atom. The van der Waals surface area contributed by atoms with Crippen LogP contribution in [0.25, 0.3) is 0 Å². The van der Waals surface area contributed by atoms with Crippen molar-refractivity contribution < 1.29 is 27.9 Å². The Bertz CT molecular complexity index is 1680. The van der Waals surface area contributed by atoms with E-state index in [-0.39, 0.29) is 11.3 Å². The average molecular weight is 659 g/mol. The number of hydrogen-bond donors (Lipinski definition) is 4. The first-order chi connectivity index (χ1) is 22.6. The van der Waals surface area contributed by atoms with Gasteiger partial charge in [0.15, 0.2) is 0 Å². The van der Waals surface area contributed by atoms with Crippen LogP contribution in [-0.2, 0) is 26.0 Å². The maximum absolute atomic E-state index is 14.1. The number of methoxy groups -OCH3 is 1. The van der Waals surface area contributed by atoms with Gasteiger partial charge in [0.25, 0.3) is 0 Å². The minimum atomic E-state index is -3.95. The molecular weight excluding hydrogens is 616 g/mol. The smallest absolute Gasteiger partial charge is 0.407 e. The van der Waals surface area contributed by atoms with Gasteiger partial charge in [0, 0.05) is 29.4 Å². The van der Waals surface area contributed by atoms with Crippen LogP contribution in [0.3, 0.4) is 0 Å². The highest BCUT2D eigenvalue weighted by Crippen LogP contribution is 2.30. The molecule has 5 N–H and O–H groups in total. The minimum Gasteiger partial charge on any atom is -0.453 e. The molecule has 0 aliphatic heterocycles. The topological polar surface area (TPSA) is 151 Å². The van der Waals surface area contributed by atoms with Crippen molar-refractivity contribution in [3.8, 4) is 0 Å². The fraction of sp³-hybridized carbons (Fsp3) is 0.278. The fourth-order valence-corrected chi connectivity index (χ4v) is 7.58. The van der Waals surface area contributed by atoms with Gasteiger partial charge in [-0.15, -0.1) is 0 Å². The number of ether oxygens (including phenoxy) is 1. The van der Waals surface area contributed by atoms with Crippen LogP contribution < -0.4 is 16.4 Å². The van der Waals surface area contributed by atoms with Crippen LogP contribution in [0.2, 0.25) is 0 Å². The van der Waals surface area contributed by atoms with Gasteiger partial charge in [0.1, 0.15) is 6.04 Å². The lowest BCUT2D eigenvalue weighted by atomic mass is 9.84. The molecule has 4 aromatic carbocycles. The predicted molar refractivity (Wildman–Crippen MR) is 183 cm³/mol. The SMILES string of the molecule is COC(=O)NC(C(=O)Nc1ccccc1CCC(CO)N(C(C)C)S(=O)(=O)c1ccc(N)cc1)C(c1ccccc1)c1ccccc1. The first-order valence-electron chi connectivity index (χ1n) is 15.4. The Kier molecular flexibility index (Phi) is 12.1. The van der Waals surface area contributed by atoms with E-state index in [0.29, 0.717) is 17.8 Å². The van der Waals surface area contributed by atoms with Crippen LogP contribution in [0.4, 0.5) is 16.2 Å². The van der Waals surface area contributed by atoms with Gasteiger partial charge in [-0.25, -0.2) is 13.2 Å². The number of sulfonamides is 1. The molecule has 47 heavy (non-hydrogen) atoms. The van der Waals surface area contributed by atoms with Crippen molar-refractivity contribution in [2.45, 2.75) is 55.6 Å². The van der Waals surface area contributed by atoms with Crippen LogP contribution in [0.1, 0.15) is 42.9 Å². The van der Waals surface area contributed by atoms with Crippen molar-refractivity contribution in [1.82, 2.24) is 9.62 Å². The number of nitrogens with zero attached hydrogens (tertiary/aromatic N) is 1. The number of nitrogens with two attached hydrogens (primary N) is 1. The Labute approximate surface area is 276 Å². The third-order valence-corrected chi connectivity index (χ3v) is 10.1. The number of benzene rings is 4. The minimum absolute atomic E-state index is 0.0852. The number of hydrogen-bond acceptors (Lipinski definition) is 7. The van der Waals surface area contributed by atoms with Crippen molar-refractivity contribution in [1.29, 1.82) is 0 Å². The van der Waals surface area contributed by atoms with E-state index in [9.17, 15) is 23.1 Å². The van der Waals surface area contributed by atoms with Gasteiger partial charge in [0.2, 0.25) is 15.9 Å². The number of para-hydroxylation sites is 1. The molecule has 0 heterocycles. The monoisotopic (exact) mass is 658 g/mol. The summed E-state index contributed by atoms with van der Waals surface area (Å²) in [5.74, 6) is -1.01. The number of aryl methyl sites for hydroxylation is 1. The highest BCUT2D eigenvalue weighted by Gasteiger charge is 2.35. The Balaban J connectivity index is 1.62. The molecule has 0 fully saturated rings. The van der Waals surface area contributed by atoms with Crippen LogP contribution in [0.15, 0.2) is 114 Å². The Morgan fingerprint density at radius 1 is 0.851 bits per heavy atom. The molecule has 0 aliphatic carbocycles. The quantitative estimate of drug-likeness (QED) is 0.137. The Hall–Kier alpha value is -4.71. The maximum Gasteiger partial charge on any atom is 0.407 e. The van der Waals surface area contributed by atoms with Crippen LogP contribution in [0.5, 0.6) is 0 Å². The zero-order valence-corrected chi connectivity index (χ0v) is 27.6. The molecule has 0 saturated carbocycles. The maximum atomic E-state index is 14.1. The molecule has 0 spiro atoms. The van der Waals surface area contributed by atoms with E-state index in [1.165, 1.54) is 35.7 Å². The molecular formula is C36H42N4O6S. The molecule has 248 valence electrons. The number of amides is 2. The zero-order chi connectivity index (χ0) is 34.0. The van der Waals surface area contributed by atoms with E-state index >= 15 is 0 Å². The molecule has 0 saturated heterocycles. The summed E-state index contributed by atoms with van der Waals surface area (Å²) in [6.07, 6.45) is -0.133. The third-order valence-electron chi connectivity index (χ3n) is 7.95. The molecule has 0 aromatic heterocycles. The second-order valence-corrected chi connectivity index (χ2v) is 13.3. The third kappa shape index (κ3) is 8.76. The molecule has 0 bridgehead atoms. The first kappa shape index (κ1) is 35.1. The summed E-state index contributed by atoms with van der Waals surface area (Å²) in [5.41, 5.74) is 9.11. The van der Waals surface area contributed by atoms with Crippen molar-refractivity contribution in [2.75, 3.05) is 24.8 Å². The van der Waals surface area contributed by atoms with Crippen LogP contribution in [0, 0.1) is 0 Å². The fourth-order valence-electron chi connectivity index (χ4n) is 5.73. The number of nitrogens with one attached hydrogen (secondary N) is 2. The van der Waals surface area contributed by atoms with Gasteiger partial charge in [-0.2, -0.15) is 4.31 Å². The number of alkyl carbamates (subject to hydrolysis) is 1. The van der Waals surface area contributed by atoms with E-state index in [4.69, 9.17) is 10.5 Å². The van der Waals surface area contributed by atoms with Gasteiger partial charge in [0.05, 0.1) is 18.6 Å². The zero-order valence-electron chi connectivity index (χ0n) is 26.7. The molecule has 4 rings (SSSR count). The van der Waals surface area contributed by atoms with E-state index in [0.717, 1.165) is 16.7 Å². The van der Waals surface area contributed by atoms with Crippen LogP contribution in [-0.4, -0.2) is 61.7 Å². The van der Waals surface area contributed by atoms with Crippen molar-refractivity contribution >= 4 is 33.4 Å². The lowest BCUT2D eigenvalue weighted by molar-refractivity contribution is -0.118. The number of carbonyl (C=O) groups excluding carboxylic acids is 2. The standard InChI is InChI=1S/C36H42N4O6S/c1-25(2)40(47(44,45)31-22-19-29(37)20-23-31)30(24-41)21-18-26-12-10-11-17-32(26)38-35(42)34(39-36(43)46-3)33(27-13-6-4-7-14-27)28-15-8-5-9-16-28/h4-17,19-20,22-23,25,30,33-34,41H,18,21,24,37H2,1-3H3,(H,38,42)(H,39,43). The van der Waals surface area contributed by atoms with E-state index in [2.05, 4.69) is 10.6 Å². The van der Waals surface area contributed by atoms with Crippen molar-refractivity contribution in [3.63, 3.8) is 0 Å². The number of aliphatic hydroxyl groups excluding tert-OH is 1. The predicted octanol–water partition coefficient (Wildman–Crippen LogP) is 5.16. The summed E-state index contributed by atoms with van der Waals surface area (Å²) in [5, 5.41) is 16.1. The molecule has 10 nitrogen and oxygen atoms in total. The summed E-state index contributed by atoms with van der Waals surface area (Å²) in [4.78, 5) is 26.7. The molecule has 2 atom stereocenters. The second kappa shape index (κ2) is 16.2. The molecule has 0 radical (unpaired) electrons. The lowest BCUT2D eigenvalue weighted by Gasteiger charge is -2.33. The van der Waals surface area contributed by atoms with Crippen molar-refractivity contribution in [3.05, 3.63) is 126 Å². The summed E-state index contributed by atoms with van der Waals surface area (Å²) < 4.78 is 33.6. The summed E-state index contributed by atoms with van der Waals surface area (Å²) in [6, 6.07) is 29.8. The van der Waals surface area contributed by atoms with E-state index in [1.54, 1.807) is 26.0 Å². The molecule has 2 amide bonds. The van der Waals surface area contributed by atoms with Gasteiger partial charge >= 0.3 is 6.09 Å². The molecule has 11 heteroatoms. The molecule has 2 unspecified atom stereocenters. The van der Waals surface area contributed by atoms with E-state index in [1.807, 2.05) is 72.8 Å².